The van der Waals surface area contributed by atoms with Crippen LogP contribution < -0.4 is 10.6 Å². The number of nitrogens with zero attached hydrogens (tertiary/aromatic N) is 1. The first-order valence-corrected chi connectivity index (χ1v) is 10.5. The molecule has 3 rings (SSSR count). The number of anilines is 2. The molecule has 0 aliphatic heterocycles. The first kappa shape index (κ1) is 21.5. The van der Waals surface area contributed by atoms with Gasteiger partial charge in [-0.1, -0.05) is 23.2 Å². The highest BCUT2D eigenvalue weighted by Gasteiger charge is 2.27. The van der Waals surface area contributed by atoms with Gasteiger partial charge in [-0.25, -0.2) is 9.78 Å². The van der Waals surface area contributed by atoms with E-state index in [1.54, 1.807) is 6.92 Å². The molecule has 154 valence electrons. The molecule has 2 heterocycles. The van der Waals surface area contributed by atoms with Gasteiger partial charge in [0.05, 0.1) is 21.3 Å². The van der Waals surface area contributed by atoms with Crippen molar-refractivity contribution >= 4 is 63.1 Å². The van der Waals surface area contributed by atoms with Gasteiger partial charge in [-0.05, 0) is 44.2 Å². The second-order valence-corrected chi connectivity index (χ2v) is 8.53. The van der Waals surface area contributed by atoms with Gasteiger partial charge in [0.25, 0.3) is 5.91 Å². The fourth-order valence-electron chi connectivity index (χ4n) is 3.05. The zero-order valence-electron chi connectivity index (χ0n) is 15.9. The predicted octanol–water partition coefficient (Wildman–Crippen LogP) is 4.39. The molecule has 2 amide bonds. The SMILES string of the molecule is CC(=O)Nc1sc2c(c1C(=O)OCC(=O)Nc1nc(C)c(Cl)cc1Cl)CCCC2. The summed E-state index contributed by atoms with van der Waals surface area (Å²) in [6.45, 7) is 2.55. The highest BCUT2D eigenvalue weighted by atomic mass is 35.5. The third-order valence-corrected chi connectivity index (χ3v) is 6.24. The first-order chi connectivity index (χ1) is 13.8. The zero-order chi connectivity index (χ0) is 21.1. The van der Waals surface area contributed by atoms with Crippen LogP contribution in [0.15, 0.2) is 6.07 Å². The van der Waals surface area contributed by atoms with Crippen LogP contribution >= 0.6 is 34.5 Å². The molecule has 0 fully saturated rings. The lowest BCUT2D eigenvalue weighted by atomic mass is 9.95. The molecule has 0 atom stereocenters. The van der Waals surface area contributed by atoms with Crippen LogP contribution in [0.1, 0.15) is 46.3 Å². The molecule has 0 unspecified atom stereocenters. The average molecular weight is 456 g/mol. The van der Waals surface area contributed by atoms with E-state index in [2.05, 4.69) is 15.6 Å². The van der Waals surface area contributed by atoms with E-state index >= 15 is 0 Å². The Morgan fingerprint density at radius 1 is 1.17 bits per heavy atom. The van der Waals surface area contributed by atoms with E-state index in [4.69, 9.17) is 27.9 Å². The summed E-state index contributed by atoms with van der Waals surface area (Å²) in [5.74, 6) is -1.36. The van der Waals surface area contributed by atoms with Crippen molar-refractivity contribution < 1.29 is 19.1 Å². The van der Waals surface area contributed by atoms with Gasteiger partial charge in [0.1, 0.15) is 5.00 Å². The molecule has 2 aromatic rings. The van der Waals surface area contributed by atoms with Crippen LogP contribution in [0, 0.1) is 6.92 Å². The van der Waals surface area contributed by atoms with Crippen LogP contribution in [0.25, 0.3) is 0 Å². The van der Waals surface area contributed by atoms with E-state index in [1.165, 1.54) is 24.3 Å². The molecule has 2 aromatic heterocycles. The molecule has 0 bridgehead atoms. The number of aryl methyl sites for hydroxylation is 2. The Morgan fingerprint density at radius 3 is 2.62 bits per heavy atom. The predicted molar refractivity (Wildman–Crippen MR) is 113 cm³/mol. The molecular weight excluding hydrogens is 437 g/mol. The Labute approximate surface area is 181 Å². The van der Waals surface area contributed by atoms with Crippen molar-refractivity contribution in [1.82, 2.24) is 4.98 Å². The van der Waals surface area contributed by atoms with Gasteiger partial charge in [-0.3, -0.25) is 9.59 Å². The Morgan fingerprint density at radius 2 is 1.90 bits per heavy atom. The standard InChI is InChI=1S/C19H19Cl2N3O4S/c1-9-12(20)7-13(21)17(22-9)24-15(26)8-28-19(27)16-11-5-3-4-6-14(11)29-18(16)23-10(2)25/h7H,3-6,8H2,1-2H3,(H,23,25)(H,22,24,26). The number of ether oxygens (including phenoxy) is 1. The zero-order valence-corrected chi connectivity index (χ0v) is 18.2. The molecule has 0 spiro atoms. The minimum Gasteiger partial charge on any atom is -0.452 e. The fourth-order valence-corrected chi connectivity index (χ4v) is 4.78. The van der Waals surface area contributed by atoms with Gasteiger partial charge in [0.15, 0.2) is 12.4 Å². The average Bonchev–Trinajstić information content (AvgIpc) is 3.01. The normalized spacial score (nSPS) is 12.8. The fraction of sp³-hybridized carbons (Fsp3) is 0.368. The molecule has 0 saturated heterocycles. The second-order valence-electron chi connectivity index (χ2n) is 6.61. The van der Waals surface area contributed by atoms with E-state index in [1.807, 2.05) is 0 Å². The lowest BCUT2D eigenvalue weighted by Gasteiger charge is -2.13. The minimum absolute atomic E-state index is 0.140. The maximum atomic E-state index is 12.7. The van der Waals surface area contributed by atoms with E-state index in [0.717, 1.165) is 36.1 Å². The summed E-state index contributed by atoms with van der Waals surface area (Å²) in [5, 5.41) is 6.23. The summed E-state index contributed by atoms with van der Waals surface area (Å²) in [6.07, 6.45) is 3.61. The lowest BCUT2D eigenvalue weighted by molar-refractivity contribution is -0.119. The highest BCUT2D eigenvalue weighted by Crippen LogP contribution is 2.38. The molecule has 0 saturated carbocycles. The number of aromatic nitrogens is 1. The molecule has 1 aliphatic carbocycles. The highest BCUT2D eigenvalue weighted by molar-refractivity contribution is 7.17. The van der Waals surface area contributed by atoms with Crippen LogP contribution in [0.5, 0.6) is 0 Å². The van der Waals surface area contributed by atoms with Crippen molar-refractivity contribution in [3.05, 3.63) is 37.8 Å². The third kappa shape index (κ3) is 5.07. The number of pyridine rings is 1. The summed E-state index contributed by atoms with van der Waals surface area (Å²) >= 11 is 13.4. The molecular formula is C19H19Cl2N3O4S. The van der Waals surface area contributed by atoms with Crippen LogP contribution in [0.3, 0.4) is 0 Å². The molecule has 0 radical (unpaired) electrons. The summed E-state index contributed by atoms with van der Waals surface area (Å²) in [4.78, 5) is 41.6. The van der Waals surface area contributed by atoms with Crippen molar-refractivity contribution in [1.29, 1.82) is 0 Å². The maximum absolute atomic E-state index is 12.7. The van der Waals surface area contributed by atoms with Gasteiger partial charge in [0.2, 0.25) is 5.91 Å². The van der Waals surface area contributed by atoms with E-state index < -0.39 is 18.5 Å². The van der Waals surface area contributed by atoms with Crippen molar-refractivity contribution in [3.63, 3.8) is 0 Å². The maximum Gasteiger partial charge on any atom is 0.341 e. The van der Waals surface area contributed by atoms with E-state index in [0.29, 0.717) is 21.3 Å². The molecule has 29 heavy (non-hydrogen) atoms. The van der Waals surface area contributed by atoms with Gasteiger partial charge in [-0.2, -0.15) is 0 Å². The van der Waals surface area contributed by atoms with Crippen molar-refractivity contribution in [2.45, 2.75) is 39.5 Å². The second kappa shape index (κ2) is 9.11. The summed E-state index contributed by atoms with van der Waals surface area (Å²) < 4.78 is 5.21. The number of nitrogens with one attached hydrogen (secondary N) is 2. The molecule has 0 aromatic carbocycles. The number of amides is 2. The molecule has 10 heteroatoms. The number of halogens is 2. The largest absolute Gasteiger partial charge is 0.452 e. The molecule has 2 N–H and O–H groups in total. The van der Waals surface area contributed by atoms with Crippen molar-refractivity contribution in [2.75, 3.05) is 17.2 Å². The van der Waals surface area contributed by atoms with Crippen LogP contribution in [-0.2, 0) is 27.2 Å². The number of thiophene rings is 1. The summed E-state index contributed by atoms with van der Waals surface area (Å²) in [6, 6.07) is 1.48. The van der Waals surface area contributed by atoms with Crippen LogP contribution in [0.4, 0.5) is 10.8 Å². The third-order valence-electron chi connectivity index (χ3n) is 4.36. The first-order valence-electron chi connectivity index (χ1n) is 8.98. The van der Waals surface area contributed by atoms with Crippen LogP contribution in [-0.4, -0.2) is 29.4 Å². The molecule has 7 nitrogen and oxygen atoms in total. The van der Waals surface area contributed by atoms with Crippen molar-refractivity contribution in [3.8, 4) is 0 Å². The number of carbonyl (C=O) groups excluding carboxylic acids is 3. The van der Waals surface area contributed by atoms with Gasteiger partial charge >= 0.3 is 5.97 Å². The van der Waals surface area contributed by atoms with E-state index in [9.17, 15) is 14.4 Å². The number of fused-ring (bicyclic) bond motifs is 1. The lowest BCUT2D eigenvalue weighted by Crippen LogP contribution is -2.23. The number of esters is 1. The minimum atomic E-state index is -0.644. The van der Waals surface area contributed by atoms with Gasteiger partial charge in [-0.15, -0.1) is 11.3 Å². The van der Waals surface area contributed by atoms with E-state index in [-0.39, 0.29) is 16.7 Å². The van der Waals surface area contributed by atoms with Gasteiger partial charge < -0.3 is 15.4 Å². The number of hydrogen-bond donors (Lipinski definition) is 2. The Kier molecular flexibility index (Phi) is 6.77. The molecule has 1 aliphatic rings. The summed E-state index contributed by atoms with van der Waals surface area (Å²) in [7, 11) is 0. The number of carbonyl (C=O) groups is 3. The monoisotopic (exact) mass is 455 g/mol. The van der Waals surface area contributed by atoms with Crippen LogP contribution in [0.2, 0.25) is 10.0 Å². The van der Waals surface area contributed by atoms with Crippen molar-refractivity contribution in [2.24, 2.45) is 0 Å². The van der Waals surface area contributed by atoms with Gasteiger partial charge in [0, 0.05) is 11.8 Å². The number of rotatable bonds is 5. The smallest absolute Gasteiger partial charge is 0.341 e. The Hall–Kier alpha value is -2.16. The summed E-state index contributed by atoms with van der Waals surface area (Å²) in [5.41, 5.74) is 1.74. The topological polar surface area (TPSA) is 97.4 Å². The quantitative estimate of drug-likeness (QED) is 0.651. The number of hydrogen-bond acceptors (Lipinski definition) is 6. The Balaban J connectivity index is 1.71. The Bertz CT molecular complexity index is 990.